The van der Waals surface area contributed by atoms with Crippen LogP contribution in [0.5, 0.6) is 0 Å². The molecule has 0 unspecified atom stereocenters. The molecule has 2 aromatic carbocycles. The normalized spacial score (nSPS) is 12.6. The van der Waals surface area contributed by atoms with E-state index in [0.717, 1.165) is 28.2 Å². The molecule has 7 heteroatoms. The molecule has 0 spiro atoms. The molecule has 0 fully saturated rings. The molecule has 0 aromatic heterocycles. The van der Waals surface area contributed by atoms with Gasteiger partial charge in [0.15, 0.2) is 0 Å². The SMILES string of the molecule is CCOC(=O)CC1=CC(SCC(=O)Nc2cc(C)ccc2C)=Nc2ccccc2N1. The summed E-state index contributed by atoms with van der Waals surface area (Å²) in [6.07, 6.45) is 1.91. The molecular formula is C23H25N3O3S. The maximum absolute atomic E-state index is 12.5. The summed E-state index contributed by atoms with van der Waals surface area (Å²) in [4.78, 5) is 29.1. The standard InChI is InChI=1S/C23H25N3O3S/c1-4-29-23(28)13-17-12-22(26-19-8-6-5-7-18(19)24-17)30-14-21(27)25-20-11-15(2)9-10-16(20)3/h5-12,24H,4,13-14H2,1-3H3,(H,25,27). The Labute approximate surface area is 180 Å². The monoisotopic (exact) mass is 423 g/mol. The highest BCUT2D eigenvalue weighted by molar-refractivity contribution is 8.14. The number of hydrogen-bond acceptors (Lipinski definition) is 6. The lowest BCUT2D eigenvalue weighted by Gasteiger charge is -2.10. The number of nitrogens with one attached hydrogen (secondary N) is 2. The Morgan fingerprint density at radius 2 is 1.97 bits per heavy atom. The average molecular weight is 424 g/mol. The van der Waals surface area contributed by atoms with Crippen molar-refractivity contribution in [1.82, 2.24) is 0 Å². The van der Waals surface area contributed by atoms with Crippen LogP contribution >= 0.6 is 11.8 Å². The fraction of sp³-hybridized carbons (Fsp3) is 0.261. The highest BCUT2D eigenvalue weighted by Crippen LogP contribution is 2.31. The number of carbonyl (C=O) groups is 2. The third-order valence-corrected chi connectivity index (χ3v) is 5.30. The van der Waals surface area contributed by atoms with Gasteiger partial charge in [-0.3, -0.25) is 9.59 Å². The van der Waals surface area contributed by atoms with Crippen molar-refractivity contribution >= 4 is 45.7 Å². The van der Waals surface area contributed by atoms with Gasteiger partial charge < -0.3 is 15.4 Å². The number of ether oxygens (including phenoxy) is 1. The third kappa shape index (κ3) is 5.97. The summed E-state index contributed by atoms with van der Waals surface area (Å²) in [5, 5.41) is 6.87. The summed E-state index contributed by atoms with van der Waals surface area (Å²) in [6, 6.07) is 13.5. The van der Waals surface area contributed by atoms with Crippen LogP contribution < -0.4 is 10.6 Å². The first-order chi connectivity index (χ1) is 14.4. The minimum atomic E-state index is -0.312. The van der Waals surface area contributed by atoms with E-state index in [9.17, 15) is 9.59 Å². The van der Waals surface area contributed by atoms with Crippen LogP contribution in [0, 0.1) is 13.8 Å². The van der Waals surface area contributed by atoms with Gasteiger partial charge in [0.2, 0.25) is 5.91 Å². The number of amides is 1. The van der Waals surface area contributed by atoms with E-state index in [-0.39, 0.29) is 24.1 Å². The lowest BCUT2D eigenvalue weighted by Crippen LogP contribution is -2.16. The van der Waals surface area contributed by atoms with E-state index in [1.807, 2.05) is 56.3 Å². The molecule has 3 rings (SSSR count). The molecule has 0 atom stereocenters. The van der Waals surface area contributed by atoms with Crippen LogP contribution in [0.1, 0.15) is 24.5 Å². The Morgan fingerprint density at radius 3 is 2.77 bits per heavy atom. The van der Waals surface area contributed by atoms with Crippen molar-refractivity contribution in [3.05, 3.63) is 65.4 Å². The predicted molar refractivity (Wildman–Crippen MR) is 123 cm³/mol. The number of anilines is 2. The van der Waals surface area contributed by atoms with E-state index < -0.39 is 0 Å². The summed E-state index contributed by atoms with van der Waals surface area (Å²) >= 11 is 1.33. The lowest BCUT2D eigenvalue weighted by atomic mass is 10.1. The third-order valence-electron chi connectivity index (χ3n) is 4.39. The largest absolute Gasteiger partial charge is 0.466 e. The van der Waals surface area contributed by atoms with Crippen LogP contribution in [0.25, 0.3) is 0 Å². The first-order valence-corrected chi connectivity index (χ1v) is 10.7. The molecule has 1 aliphatic heterocycles. The second-order valence-electron chi connectivity index (χ2n) is 6.90. The van der Waals surface area contributed by atoms with Crippen molar-refractivity contribution in [2.75, 3.05) is 23.0 Å². The fourth-order valence-electron chi connectivity index (χ4n) is 2.92. The van der Waals surface area contributed by atoms with Gasteiger partial charge in [-0.05, 0) is 56.2 Å². The molecule has 0 saturated carbocycles. The van der Waals surface area contributed by atoms with Crippen LogP contribution in [0.3, 0.4) is 0 Å². The van der Waals surface area contributed by atoms with Crippen LogP contribution in [-0.4, -0.2) is 29.3 Å². The minimum Gasteiger partial charge on any atom is -0.466 e. The van der Waals surface area contributed by atoms with Gasteiger partial charge in [-0.2, -0.15) is 0 Å². The van der Waals surface area contributed by atoms with Crippen LogP contribution in [-0.2, 0) is 14.3 Å². The number of esters is 1. The number of aryl methyl sites for hydroxylation is 2. The highest BCUT2D eigenvalue weighted by atomic mass is 32.2. The number of rotatable bonds is 6. The number of nitrogens with zero attached hydrogens (tertiary/aromatic N) is 1. The molecule has 0 aliphatic carbocycles. The number of fused-ring (bicyclic) bond motifs is 1. The van der Waals surface area contributed by atoms with Gasteiger partial charge in [-0.25, -0.2) is 4.99 Å². The number of thioether (sulfide) groups is 1. The van der Waals surface area contributed by atoms with Crippen molar-refractivity contribution in [3.8, 4) is 0 Å². The van der Waals surface area contributed by atoms with Crippen LogP contribution in [0.15, 0.2) is 59.2 Å². The van der Waals surface area contributed by atoms with Crippen LogP contribution in [0.4, 0.5) is 17.1 Å². The maximum Gasteiger partial charge on any atom is 0.311 e. The van der Waals surface area contributed by atoms with Gasteiger partial charge in [0.05, 0.1) is 35.2 Å². The summed E-state index contributed by atoms with van der Waals surface area (Å²) < 4.78 is 5.06. The van der Waals surface area contributed by atoms with E-state index >= 15 is 0 Å². The Hall–Kier alpha value is -3.06. The van der Waals surface area contributed by atoms with Gasteiger partial charge in [0, 0.05) is 11.4 Å². The van der Waals surface area contributed by atoms with Gasteiger partial charge >= 0.3 is 5.97 Å². The molecule has 30 heavy (non-hydrogen) atoms. The van der Waals surface area contributed by atoms with Crippen molar-refractivity contribution in [1.29, 1.82) is 0 Å². The molecule has 2 N–H and O–H groups in total. The van der Waals surface area contributed by atoms with E-state index in [2.05, 4.69) is 15.6 Å². The Morgan fingerprint density at radius 1 is 1.17 bits per heavy atom. The van der Waals surface area contributed by atoms with Crippen molar-refractivity contribution < 1.29 is 14.3 Å². The molecular weight excluding hydrogens is 398 g/mol. The van der Waals surface area contributed by atoms with Gasteiger partial charge in [0.1, 0.15) is 0 Å². The van der Waals surface area contributed by atoms with Crippen molar-refractivity contribution in [2.24, 2.45) is 4.99 Å². The van der Waals surface area contributed by atoms with E-state index in [4.69, 9.17) is 4.74 Å². The fourth-order valence-corrected chi connectivity index (χ4v) is 3.66. The first kappa shape index (κ1) is 21.6. The van der Waals surface area contributed by atoms with Crippen molar-refractivity contribution in [3.63, 3.8) is 0 Å². The van der Waals surface area contributed by atoms with Gasteiger partial charge in [0.25, 0.3) is 0 Å². The molecule has 1 amide bonds. The maximum atomic E-state index is 12.5. The highest BCUT2D eigenvalue weighted by Gasteiger charge is 2.15. The molecule has 156 valence electrons. The van der Waals surface area contributed by atoms with Gasteiger partial charge in [-0.1, -0.05) is 36.0 Å². The molecule has 1 aliphatic rings. The number of carbonyl (C=O) groups excluding carboxylic acids is 2. The summed E-state index contributed by atoms with van der Waals surface area (Å²) in [5.74, 6) is -0.215. The first-order valence-electron chi connectivity index (χ1n) is 9.75. The van der Waals surface area contributed by atoms with Crippen molar-refractivity contribution in [2.45, 2.75) is 27.2 Å². The average Bonchev–Trinajstić information content (AvgIpc) is 2.88. The number of benzene rings is 2. The zero-order valence-electron chi connectivity index (χ0n) is 17.3. The Bertz CT molecular complexity index is 1010. The summed E-state index contributed by atoms with van der Waals surface area (Å²) in [6.45, 7) is 6.06. The smallest absolute Gasteiger partial charge is 0.311 e. The number of aliphatic imine (C=N–C) groups is 1. The van der Waals surface area contributed by atoms with Crippen LogP contribution in [0.2, 0.25) is 0 Å². The molecule has 0 radical (unpaired) electrons. The minimum absolute atomic E-state index is 0.108. The van der Waals surface area contributed by atoms with E-state index in [1.54, 1.807) is 13.0 Å². The van der Waals surface area contributed by atoms with E-state index in [1.165, 1.54) is 11.8 Å². The topological polar surface area (TPSA) is 79.8 Å². The Balaban J connectivity index is 1.73. The summed E-state index contributed by atoms with van der Waals surface area (Å²) in [7, 11) is 0. The summed E-state index contributed by atoms with van der Waals surface area (Å²) in [5.41, 5.74) is 5.16. The zero-order valence-corrected chi connectivity index (χ0v) is 18.1. The number of para-hydroxylation sites is 2. The number of hydrogen-bond donors (Lipinski definition) is 2. The predicted octanol–water partition coefficient (Wildman–Crippen LogP) is 4.97. The van der Waals surface area contributed by atoms with E-state index in [0.29, 0.717) is 17.3 Å². The Kier molecular flexibility index (Phi) is 7.30. The zero-order chi connectivity index (χ0) is 21.5. The molecule has 0 bridgehead atoms. The molecule has 6 nitrogen and oxygen atoms in total. The molecule has 2 aromatic rings. The molecule has 0 saturated heterocycles. The van der Waals surface area contributed by atoms with Gasteiger partial charge in [-0.15, -0.1) is 0 Å². The quantitative estimate of drug-likeness (QED) is 0.642. The lowest BCUT2D eigenvalue weighted by molar-refractivity contribution is -0.142. The second kappa shape index (κ2) is 10.1. The second-order valence-corrected chi connectivity index (χ2v) is 7.89. The molecule has 1 heterocycles.